The lowest BCUT2D eigenvalue weighted by Gasteiger charge is -2.20. The lowest BCUT2D eigenvalue weighted by atomic mass is 9.94. The molecule has 0 aliphatic carbocycles. The van der Waals surface area contributed by atoms with Gasteiger partial charge in [0.05, 0.1) is 18.6 Å². The predicted octanol–water partition coefficient (Wildman–Crippen LogP) is 2.41. The number of hydrogen-bond acceptors (Lipinski definition) is 4. The van der Waals surface area contributed by atoms with Crippen LogP contribution < -0.4 is 10.1 Å². The zero-order valence-electron chi connectivity index (χ0n) is 12.4. The molecule has 6 heteroatoms. The van der Waals surface area contributed by atoms with Crippen molar-refractivity contribution in [2.75, 3.05) is 25.7 Å². The third kappa shape index (κ3) is 4.69. The Labute approximate surface area is 135 Å². The van der Waals surface area contributed by atoms with Gasteiger partial charge in [0.25, 0.3) is 0 Å². The molecule has 1 aromatic carbocycles. The van der Waals surface area contributed by atoms with Crippen LogP contribution in [0.2, 0.25) is 0 Å². The molecule has 0 amide bonds. The number of sulfone groups is 1. The first-order valence-electron chi connectivity index (χ1n) is 7.13. The number of benzene rings is 1. The molecule has 0 saturated carbocycles. The Bertz CT molecular complexity index is 589. The number of halogens is 1. The fourth-order valence-electron chi connectivity index (χ4n) is 2.86. The number of ether oxygens (including phenoxy) is 1. The zero-order chi connectivity index (χ0) is 15.5. The zero-order valence-corrected chi connectivity index (χ0v) is 14.8. The van der Waals surface area contributed by atoms with Gasteiger partial charge in [0.1, 0.15) is 5.75 Å². The van der Waals surface area contributed by atoms with Crippen molar-refractivity contribution in [2.45, 2.75) is 25.3 Å². The number of rotatable bonds is 6. The van der Waals surface area contributed by atoms with Gasteiger partial charge in [-0.3, -0.25) is 0 Å². The van der Waals surface area contributed by atoms with Crippen molar-refractivity contribution in [2.24, 2.45) is 5.92 Å². The van der Waals surface area contributed by atoms with Gasteiger partial charge in [-0.1, -0.05) is 15.9 Å². The average molecular weight is 376 g/mol. The lowest BCUT2D eigenvalue weighted by molar-refractivity contribution is 0.410. The highest BCUT2D eigenvalue weighted by atomic mass is 79.9. The van der Waals surface area contributed by atoms with E-state index in [4.69, 9.17) is 4.74 Å². The van der Waals surface area contributed by atoms with Crippen LogP contribution in [0.25, 0.3) is 0 Å². The fourth-order valence-corrected chi connectivity index (χ4v) is 5.15. The topological polar surface area (TPSA) is 55.4 Å². The second-order valence-electron chi connectivity index (χ2n) is 5.65. The molecule has 1 aliphatic rings. The molecule has 1 aromatic rings. The summed E-state index contributed by atoms with van der Waals surface area (Å²) < 4.78 is 29.4. The van der Waals surface area contributed by atoms with Crippen molar-refractivity contribution >= 4 is 25.8 Å². The van der Waals surface area contributed by atoms with E-state index >= 15 is 0 Å². The molecule has 2 atom stereocenters. The van der Waals surface area contributed by atoms with Crippen LogP contribution in [0.4, 0.5) is 0 Å². The number of hydrogen-bond donors (Lipinski definition) is 1. The van der Waals surface area contributed by atoms with Crippen LogP contribution in [0.5, 0.6) is 5.75 Å². The summed E-state index contributed by atoms with van der Waals surface area (Å²) in [6.45, 7) is 0. The van der Waals surface area contributed by atoms with Crippen LogP contribution >= 0.6 is 15.9 Å². The highest BCUT2D eigenvalue weighted by molar-refractivity contribution is 9.10. The molecular formula is C15H22BrNO3S. The Hall–Kier alpha value is -0.590. The monoisotopic (exact) mass is 375 g/mol. The maximum Gasteiger partial charge on any atom is 0.150 e. The minimum Gasteiger partial charge on any atom is -0.497 e. The second kappa shape index (κ2) is 7.11. The first-order valence-corrected chi connectivity index (χ1v) is 9.75. The highest BCUT2D eigenvalue weighted by Crippen LogP contribution is 2.27. The van der Waals surface area contributed by atoms with Crippen LogP contribution in [-0.2, 0) is 16.3 Å². The van der Waals surface area contributed by atoms with Crippen LogP contribution in [0.3, 0.4) is 0 Å². The van der Waals surface area contributed by atoms with E-state index in [1.165, 1.54) is 5.56 Å². The molecular weight excluding hydrogens is 354 g/mol. The molecule has 0 aromatic heterocycles. The molecule has 4 nitrogen and oxygen atoms in total. The minimum atomic E-state index is -2.80. The summed E-state index contributed by atoms with van der Waals surface area (Å²) in [6.07, 6.45) is 2.53. The van der Waals surface area contributed by atoms with Crippen LogP contribution in [0, 0.1) is 5.92 Å². The van der Waals surface area contributed by atoms with Gasteiger partial charge in [-0.25, -0.2) is 8.42 Å². The van der Waals surface area contributed by atoms with Gasteiger partial charge in [0.2, 0.25) is 0 Å². The Kier molecular flexibility index (Phi) is 5.68. The van der Waals surface area contributed by atoms with Gasteiger partial charge >= 0.3 is 0 Å². The summed E-state index contributed by atoms with van der Waals surface area (Å²) >= 11 is 3.57. The molecule has 1 aliphatic heterocycles. The van der Waals surface area contributed by atoms with Gasteiger partial charge in [0, 0.05) is 10.5 Å². The molecule has 1 N–H and O–H groups in total. The lowest BCUT2D eigenvalue weighted by Crippen LogP contribution is -2.30. The molecule has 0 bridgehead atoms. The third-order valence-corrected chi connectivity index (χ3v) is 6.68. The van der Waals surface area contributed by atoms with Crippen molar-refractivity contribution in [3.63, 3.8) is 0 Å². The summed E-state index contributed by atoms with van der Waals surface area (Å²) in [7, 11) is 0.793. The first kappa shape index (κ1) is 16.8. The Morgan fingerprint density at radius 2 is 2.24 bits per heavy atom. The van der Waals surface area contributed by atoms with Crippen LogP contribution in [0.15, 0.2) is 22.7 Å². The fraction of sp³-hybridized carbons (Fsp3) is 0.600. The van der Waals surface area contributed by atoms with E-state index in [0.717, 1.165) is 29.5 Å². The molecule has 21 heavy (non-hydrogen) atoms. The quantitative estimate of drug-likeness (QED) is 0.829. The van der Waals surface area contributed by atoms with Crippen molar-refractivity contribution in [3.8, 4) is 5.75 Å². The largest absolute Gasteiger partial charge is 0.497 e. The summed E-state index contributed by atoms with van der Waals surface area (Å²) in [5.41, 5.74) is 1.18. The van der Waals surface area contributed by atoms with Crippen molar-refractivity contribution in [1.82, 2.24) is 5.32 Å². The van der Waals surface area contributed by atoms with E-state index in [0.29, 0.717) is 11.5 Å². The van der Waals surface area contributed by atoms with Gasteiger partial charge < -0.3 is 10.1 Å². The predicted molar refractivity (Wildman–Crippen MR) is 88.6 cm³/mol. The molecule has 118 valence electrons. The van der Waals surface area contributed by atoms with Crippen molar-refractivity contribution in [3.05, 3.63) is 28.2 Å². The summed E-state index contributed by atoms with van der Waals surface area (Å²) in [5, 5.41) is 3.31. The minimum absolute atomic E-state index is 0.270. The first-order chi connectivity index (χ1) is 9.93. The standard InChI is InChI=1S/C15H22BrNO3S/c1-17-13(7-11-5-6-21(18,19)10-11)8-12-9-14(20-2)3-4-15(12)16/h3-4,9,11,13,17H,5-8,10H2,1-2H3. The Morgan fingerprint density at radius 3 is 2.81 bits per heavy atom. The second-order valence-corrected chi connectivity index (χ2v) is 8.73. The molecule has 0 spiro atoms. The normalized spacial score (nSPS) is 22.1. The molecule has 2 unspecified atom stereocenters. The SMILES string of the molecule is CNC(Cc1cc(OC)ccc1Br)CC1CCS(=O)(=O)C1. The van der Waals surface area contributed by atoms with Crippen LogP contribution in [0.1, 0.15) is 18.4 Å². The van der Waals surface area contributed by atoms with Crippen molar-refractivity contribution < 1.29 is 13.2 Å². The summed E-state index contributed by atoms with van der Waals surface area (Å²) in [5.74, 6) is 1.80. The summed E-state index contributed by atoms with van der Waals surface area (Å²) in [6, 6.07) is 6.21. The summed E-state index contributed by atoms with van der Waals surface area (Å²) in [4.78, 5) is 0. The van der Waals surface area contributed by atoms with E-state index in [2.05, 4.69) is 21.2 Å². The van der Waals surface area contributed by atoms with E-state index in [9.17, 15) is 8.42 Å². The molecule has 1 heterocycles. The number of nitrogens with one attached hydrogen (secondary N) is 1. The maximum atomic E-state index is 11.6. The molecule has 1 fully saturated rings. The highest BCUT2D eigenvalue weighted by Gasteiger charge is 2.29. The molecule has 1 saturated heterocycles. The average Bonchev–Trinajstić information content (AvgIpc) is 2.79. The molecule has 0 radical (unpaired) electrons. The number of likely N-dealkylation sites (N-methyl/N-ethyl adjacent to an activating group) is 1. The Balaban J connectivity index is 2.02. The smallest absolute Gasteiger partial charge is 0.150 e. The van der Waals surface area contributed by atoms with E-state index in [-0.39, 0.29) is 12.0 Å². The number of methoxy groups -OCH3 is 1. The van der Waals surface area contributed by atoms with Gasteiger partial charge in [0.15, 0.2) is 9.84 Å². The van der Waals surface area contributed by atoms with E-state index in [1.807, 2.05) is 25.2 Å². The van der Waals surface area contributed by atoms with E-state index in [1.54, 1.807) is 7.11 Å². The maximum absolute atomic E-state index is 11.6. The van der Waals surface area contributed by atoms with Crippen molar-refractivity contribution in [1.29, 1.82) is 0 Å². The third-order valence-electron chi connectivity index (χ3n) is 4.07. The molecule has 2 rings (SSSR count). The van der Waals surface area contributed by atoms with Gasteiger partial charge in [-0.15, -0.1) is 0 Å². The van der Waals surface area contributed by atoms with E-state index < -0.39 is 9.84 Å². The van der Waals surface area contributed by atoms with Gasteiger partial charge in [-0.05, 0) is 56.0 Å². The van der Waals surface area contributed by atoms with Gasteiger partial charge in [-0.2, -0.15) is 0 Å². The Morgan fingerprint density at radius 1 is 1.48 bits per heavy atom. The van der Waals surface area contributed by atoms with Crippen LogP contribution in [-0.4, -0.2) is 40.1 Å².